The number of urea groups is 1. The summed E-state index contributed by atoms with van der Waals surface area (Å²) in [5.41, 5.74) is 2.13. The van der Waals surface area contributed by atoms with Gasteiger partial charge < -0.3 is 5.32 Å². The SMILES string of the molecule is Cc1ccccc1-c1nnc(NC(=O)NC(CC(C)C)c2ncnn2C)s1. The van der Waals surface area contributed by atoms with Gasteiger partial charge in [-0.05, 0) is 24.8 Å². The van der Waals surface area contributed by atoms with Crippen molar-refractivity contribution in [2.75, 3.05) is 5.32 Å². The number of nitrogens with zero attached hydrogens (tertiary/aromatic N) is 5. The van der Waals surface area contributed by atoms with Crippen molar-refractivity contribution in [3.63, 3.8) is 0 Å². The summed E-state index contributed by atoms with van der Waals surface area (Å²) in [6.07, 6.45) is 2.24. The third-order valence-corrected chi connectivity index (χ3v) is 4.96. The Labute approximate surface area is 162 Å². The maximum absolute atomic E-state index is 12.5. The first-order valence-electron chi connectivity index (χ1n) is 8.75. The second-order valence-corrected chi connectivity index (χ2v) is 7.73. The number of amides is 2. The minimum absolute atomic E-state index is 0.235. The highest BCUT2D eigenvalue weighted by Gasteiger charge is 2.21. The van der Waals surface area contributed by atoms with Gasteiger partial charge in [-0.25, -0.2) is 9.78 Å². The molecule has 1 aromatic carbocycles. The summed E-state index contributed by atoms with van der Waals surface area (Å²) in [5, 5.41) is 19.3. The zero-order valence-corrected chi connectivity index (χ0v) is 16.6. The van der Waals surface area contributed by atoms with Crippen molar-refractivity contribution in [1.82, 2.24) is 30.3 Å². The fraction of sp³-hybridized carbons (Fsp3) is 0.389. The number of aryl methyl sites for hydroxylation is 2. The summed E-state index contributed by atoms with van der Waals surface area (Å²) in [4.78, 5) is 16.7. The smallest absolute Gasteiger partial charge is 0.321 e. The Hall–Kier alpha value is -2.81. The van der Waals surface area contributed by atoms with Gasteiger partial charge >= 0.3 is 6.03 Å². The lowest BCUT2D eigenvalue weighted by atomic mass is 10.0. The van der Waals surface area contributed by atoms with Gasteiger partial charge in [-0.2, -0.15) is 5.10 Å². The number of hydrogen-bond donors (Lipinski definition) is 2. The van der Waals surface area contributed by atoms with Gasteiger partial charge in [-0.3, -0.25) is 10.00 Å². The molecule has 2 amide bonds. The number of aromatic nitrogens is 5. The number of hydrogen-bond acceptors (Lipinski definition) is 6. The third kappa shape index (κ3) is 4.68. The normalized spacial score (nSPS) is 12.2. The van der Waals surface area contributed by atoms with Crippen LogP contribution in [0.2, 0.25) is 0 Å². The molecule has 3 aromatic rings. The van der Waals surface area contributed by atoms with Gasteiger partial charge in [0.05, 0.1) is 6.04 Å². The number of anilines is 1. The van der Waals surface area contributed by atoms with Crippen LogP contribution in [0, 0.1) is 12.8 Å². The average molecular weight is 385 g/mol. The Balaban J connectivity index is 1.69. The molecule has 0 spiro atoms. The average Bonchev–Trinajstić information content (AvgIpc) is 3.23. The lowest BCUT2D eigenvalue weighted by molar-refractivity contribution is 0.245. The standard InChI is InChI=1S/C18H23N7OS/c1-11(2)9-14(15-19-10-20-25(15)4)21-17(26)22-18-24-23-16(27-18)13-8-6-5-7-12(13)3/h5-8,10-11,14H,9H2,1-4H3,(H2,21,22,24,26). The maximum atomic E-state index is 12.5. The van der Waals surface area contributed by atoms with E-state index in [4.69, 9.17) is 0 Å². The number of carbonyl (C=O) groups excluding carboxylic acids is 1. The molecule has 9 heteroatoms. The lowest BCUT2D eigenvalue weighted by Gasteiger charge is -2.19. The Kier molecular flexibility index (Phi) is 5.80. The molecule has 3 rings (SSSR count). The number of rotatable bonds is 6. The summed E-state index contributed by atoms with van der Waals surface area (Å²) in [6, 6.07) is 7.38. The van der Waals surface area contributed by atoms with Gasteiger partial charge in [0.25, 0.3) is 0 Å². The van der Waals surface area contributed by atoms with Crippen LogP contribution in [0.1, 0.15) is 37.7 Å². The van der Waals surface area contributed by atoms with Crippen LogP contribution in [0.15, 0.2) is 30.6 Å². The Morgan fingerprint density at radius 2 is 2.04 bits per heavy atom. The molecule has 0 aliphatic rings. The highest BCUT2D eigenvalue weighted by Crippen LogP contribution is 2.28. The molecule has 142 valence electrons. The Morgan fingerprint density at radius 1 is 1.26 bits per heavy atom. The van der Waals surface area contributed by atoms with E-state index in [1.54, 1.807) is 4.68 Å². The van der Waals surface area contributed by atoms with Crippen molar-refractivity contribution in [3.05, 3.63) is 42.0 Å². The molecule has 0 radical (unpaired) electrons. The van der Waals surface area contributed by atoms with E-state index in [0.29, 0.717) is 11.0 Å². The molecule has 0 fully saturated rings. The zero-order valence-electron chi connectivity index (χ0n) is 15.8. The van der Waals surface area contributed by atoms with Crippen molar-refractivity contribution < 1.29 is 4.79 Å². The molecular weight excluding hydrogens is 362 g/mol. The number of benzene rings is 1. The predicted molar refractivity (Wildman–Crippen MR) is 105 cm³/mol. The van der Waals surface area contributed by atoms with Gasteiger partial charge in [-0.15, -0.1) is 10.2 Å². The van der Waals surface area contributed by atoms with Crippen molar-refractivity contribution in [2.45, 2.75) is 33.2 Å². The minimum Gasteiger partial charge on any atom is -0.328 e. The Bertz CT molecular complexity index is 918. The first-order valence-corrected chi connectivity index (χ1v) is 9.56. The molecule has 2 heterocycles. The fourth-order valence-electron chi connectivity index (χ4n) is 2.81. The topological polar surface area (TPSA) is 97.6 Å². The molecule has 0 aliphatic carbocycles. The fourth-order valence-corrected chi connectivity index (χ4v) is 3.64. The van der Waals surface area contributed by atoms with Crippen molar-refractivity contribution in [1.29, 1.82) is 0 Å². The van der Waals surface area contributed by atoms with E-state index in [0.717, 1.165) is 28.4 Å². The second-order valence-electron chi connectivity index (χ2n) is 6.75. The molecule has 1 atom stereocenters. The van der Waals surface area contributed by atoms with E-state index >= 15 is 0 Å². The summed E-state index contributed by atoms with van der Waals surface area (Å²) < 4.78 is 1.68. The molecule has 0 saturated carbocycles. The van der Waals surface area contributed by atoms with Crippen LogP contribution in [0.25, 0.3) is 10.6 Å². The van der Waals surface area contributed by atoms with Gasteiger partial charge in [0, 0.05) is 12.6 Å². The highest BCUT2D eigenvalue weighted by molar-refractivity contribution is 7.18. The first kappa shape index (κ1) is 19.0. The van der Waals surface area contributed by atoms with Crippen molar-refractivity contribution in [3.8, 4) is 10.6 Å². The van der Waals surface area contributed by atoms with E-state index in [9.17, 15) is 4.79 Å². The molecule has 8 nitrogen and oxygen atoms in total. The van der Waals surface area contributed by atoms with Crippen LogP contribution in [0.4, 0.5) is 9.93 Å². The van der Waals surface area contributed by atoms with Gasteiger partial charge in [0.1, 0.15) is 17.2 Å². The molecule has 0 saturated heterocycles. The monoisotopic (exact) mass is 385 g/mol. The molecule has 0 aliphatic heterocycles. The highest BCUT2D eigenvalue weighted by atomic mass is 32.1. The van der Waals surface area contributed by atoms with E-state index in [2.05, 4.69) is 44.8 Å². The summed E-state index contributed by atoms with van der Waals surface area (Å²) in [5.74, 6) is 1.11. The van der Waals surface area contributed by atoms with Crippen LogP contribution < -0.4 is 10.6 Å². The third-order valence-electron chi connectivity index (χ3n) is 4.09. The number of carbonyl (C=O) groups is 1. The van der Waals surface area contributed by atoms with E-state index in [-0.39, 0.29) is 12.1 Å². The molecule has 27 heavy (non-hydrogen) atoms. The second kappa shape index (κ2) is 8.26. The molecular formula is C18H23N7OS. The van der Waals surface area contributed by atoms with E-state index in [1.165, 1.54) is 17.7 Å². The quantitative estimate of drug-likeness (QED) is 0.676. The summed E-state index contributed by atoms with van der Waals surface area (Å²) >= 11 is 1.34. The van der Waals surface area contributed by atoms with Crippen molar-refractivity contribution in [2.24, 2.45) is 13.0 Å². The predicted octanol–water partition coefficient (Wildman–Crippen LogP) is 3.55. The molecule has 2 aromatic heterocycles. The Morgan fingerprint density at radius 3 is 2.70 bits per heavy atom. The van der Waals surface area contributed by atoms with Gasteiger partial charge in [0.2, 0.25) is 5.13 Å². The summed E-state index contributed by atoms with van der Waals surface area (Å²) in [7, 11) is 1.81. The van der Waals surface area contributed by atoms with Crippen LogP contribution in [0.5, 0.6) is 0 Å². The minimum atomic E-state index is -0.337. The lowest BCUT2D eigenvalue weighted by Crippen LogP contribution is -2.34. The zero-order chi connectivity index (χ0) is 19.4. The molecule has 1 unspecified atom stereocenters. The maximum Gasteiger partial charge on any atom is 0.321 e. The van der Waals surface area contributed by atoms with E-state index < -0.39 is 0 Å². The molecule has 2 N–H and O–H groups in total. The summed E-state index contributed by atoms with van der Waals surface area (Å²) in [6.45, 7) is 6.22. The van der Waals surface area contributed by atoms with Crippen LogP contribution >= 0.6 is 11.3 Å². The first-order chi connectivity index (χ1) is 12.9. The van der Waals surface area contributed by atoms with Crippen LogP contribution in [-0.4, -0.2) is 31.0 Å². The number of nitrogens with one attached hydrogen (secondary N) is 2. The largest absolute Gasteiger partial charge is 0.328 e. The molecule has 0 bridgehead atoms. The van der Waals surface area contributed by atoms with Crippen LogP contribution in [0.3, 0.4) is 0 Å². The van der Waals surface area contributed by atoms with Crippen molar-refractivity contribution >= 4 is 22.5 Å². The van der Waals surface area contributed by atoms with Gasteiger partial charge in [0.15, 0.2) is 0 Å². The van der Waals surface area contributed by atoms with Gasteiger partial charge in [-0.1, -0.05) is 49.4 Å². The van der Waals surface area contributed by atoms with Crippen LogP contribution in [-0.2, 0) is 7.05 Å². The van der Waals surface area contributed by atoms with E-state index in [1.807, 2.05) is 38.2 Å².